The summed E-state index contributed by atoms with van der Waals surface area (Å²) in [7, 11) is 0. The Balaban J connectivity index is 1.39. The van der Waals surface area contributed by atoms with E-state index in [-0.39, 0.29) is 5.97 Å². The van der Waals surface area contributed by atoms with Crippen molar-refractivity contribution in [2.75, 3.05) is 12.0 Å². The number of benzene rings is 3. The molecule has 0 spiro atoms. The van der Waals surface area contributed by atoms with Crippen LogP contribution in [0.4, 0.5) is 5.69 Å². The molecule has 4 nitrogen and oxygen atoms in total. The number of hydrogen-bond acceptors (Lipinski definition) is 4. The van der Waals surface area contributed by atoms with Crippen LogP contribution < -0.4 is 5.43 Å². The lowest BCUT2D eigenvalue weighted by Gasteiger charge is -2.10. The highest BCUT2D eigenvalue weighted by Crippen LogP contribution is 2.39. The first-order valence-corrected chi connectivity index (χ1v) is 13.1. The molecule has 0 unspecified atom stereocenters. The van der Waals surface area contributed by atoms with Crippen LogP contribution in [0.3, 0.4) is 0 Å². The SMILES string of the molecule is CCCCCCCCCCCOC(=O)c1cccc2c1-c1ccccc1/C2=N/Nc1ccccc1. The summed E-state index contributed by atoms with van der Waals surface area (Å²) in [6.07, 6.45) is 11.2. The molecule has 1 aliphatic rings. The number of para-hydroxylation sites is 1. The fourth-order valence-electron chi connectivity index (χ4n) is 4.67. The van der Waals surface area contributed by atoms with Crippen LogP contribution in [0.2, 0.25) is 0 Å². The zero-order valence-electron chi connectivity index (χ0n) is 20.8. The lowest BCUT2D eigenvalue weighted by Crippen LogP contribution is -2.09. The highest BCUT2D eigenvalue weighted by atomic mass is 16.5. The third-order valence-corrected chi connectivity index (χ3v) is 6.54. The van der Waals surface area contributed by atoms with Crippen LogP contribution in [0.15, 0.2) is 77.9 Å². The number of carbonyl (C=O) groups excluding carboxylic acids is 1. The maximum Gasteiger partial charge on any atom is 0.338 e. The van der Waals surface area contributed by atoms with Gasteiger partial charge in [0.1, 0.15) is 0 Å². The van der Waals surface area contributed by atoms with Crippen LogP contribution in [0.1, 0.15) is 86.2 Å². The third kappa shape index (κ3) is 6.39. The standard InChI is InChI=1S/C31H36N2O2/c1-2-3-4-5-6-7-8-9-15-23-35-31(34)28-22-16-21-27-29(28)25-19-13-14-20-26(25)30(27)33-32-24-17-11-10-12-18-24/h10-14,16-22,32H,2-9,15,23H2,1H3/b33-30-. The van der Waals surface area contributed by atoms with E-state index in [9.17, 15) is 4.79 Å². The Hall–Kier alpha value is -3.40. The lowest BCUT2D eigenvalue weighted by molar-refractivity contribution is 0.0498. The minimum Gasteiger partial charge on any atom is -0.462 e. The summed E-state index contributed by atoms with van der Waals surface area (Å²) in [5.74, 6) is -0.256. The normalized spacial score (nSPS) is 12.9. The molecule has 3 aromatic rings. The largest absolute Gasteiger partial charge is 0.462 e. The van der Waals surface area contributed by atoms with Crippen molar-refractivity contribution in [1.82, 2.24) is 0 Å². The van der Waals surface area contributed by atoms with Gasteiger partial charge in [-0.05, 0) is 30.2 Å². The van der Waals surface area contributed by atoms with Gasteiger partial charge in [-0.2, -0.15) is 5.10 Å². The number of nitrogens with one attached hydrogen (secondary N) is 1. The molecule has 1 aliphatic carbocycles. The van der Waals surface area contributed by atoms with Crippen molar-refractivity contribution in [3.63, 3.8) is 0 Å². The molecule has 0 bridgehead atoms. The van der Waals surface area contributed by atoms with E-state index < -0.39 is 0 Å². The van der Waals surface area contributed by atoms with Crippen LogP contribution in [0, 0.1) is 0 Å². The maximum atomic E-state index is 13.1. The molecule has 35 heavy (non-hydrogen) atoms. The summed E-state index contributed by atoms with van der Waals surface area (Å²) in [6.45, 7) is 2.72. The maximum absolute atomic E-state index is 13.1. The molecule has 0 radical (unpaired) electrons. The van der Waals surface area contributed by atoms with Crippen LogP contribution in [0.25, 0.3) is 11.1 Å². The van der Waals surface area contributed by atoms with E-state index in [1.54, 1.807) is 0 Å². The molecule has 0 atom stereocenters. The first-order chi connectivity index (χ1) is 17.3. The number of hydrazone groups is 1. The topological polar surface area (TPSA) is 50.7 Å². The van der Waals surface area contributed by atoms with Crippen molar-refractivity contribution in [2.45, 2.75) is 64.7 Å². The van der Waals surface area contributed by atoms with Crippen LogP contribution >= 0.6 is 0 Å². The number of fused-ring (bicyclic) bond motifs is 3. The van der Waals surface area contributed by atoms with Gasteiger partial charge in [0, 0.05) is 16.7 Å². The number of carbonyl (C=O) groups is 1. The first kappa shape index (κ1) is 24.7. The van der Waals surface area contributed by atoms with Gasteiger partial charge < -0.3 is 4.74 Å². The van der Waals surface area contributed by atoms with Gasteiger partial charge in [-0.3, -0.25) is 5.43 Å². The Labute approximate surface area is 209 Å². The Bertz CT molecular complexity index is 1140. The molecule has 0 aliphatic heterocycles. The van der Waals surface area contributed by atoms with Crippen molar-refractivity contribution in [1.29, 1.82) is 0 Å². The monoisotopic (exact) mass is 468 g/mol. The smallest absolute Gasteiger partial charge is 0.338 e. The first-order valence-electron chi connectivity index (χ1n) is 13.1. The molecule has 0 saturated heterocycles. The molecule has 0 aromatic heterocycles. The Morgan fingerprint density at radius 3 is 2.09 bits per heavy atom. The highest BCUT2D eigenvalue weighted by molar-refractivity contribution is 6.26. The van der Waals surface area contributed by atoms with Crippen molar-refractivity contribution >= 4 is 17.4 Å². The summed E-state index contributed by atoms with van der Waals surface area (Å²) in [6, 6.07) is 23.8. The number of anilines is 1. The second-order valence-corrected chi connectivity index (χ2v) is 9.18. The zero-order valence-corrected chi connectivity index (χ0v) is 20.8. The van der Waals surface area contributed by atoms with E-state index in [2.05, 4.69) is 24.5 Å². The van der Waals surface area contributed by atoms with E-state index in [1.807, 2.05) is 60.7 Å². The van der Waals surface area contributed by atoms with Crippen LogP contribution in [-0.2, 0) is 4.74 Å². The average molecular weight is 469 g/mol. The average Bonchev–Trinajstić information content (AvgIpc) is 3.22. The Kier molecular flexibility index (Phi) is 9.11. The fraction of sp³-hybridized carbons (Fsp3) is 0.355. The van der Waals surface area contributed by atoms with Gasteiger partial charge in [-0.15, -0.1) is 0 Å². The molecular weight excluding hydrogens is 432 g/mol. The summed E-state index contributed by atoms with van der Waals surface area (Å²) in [5, 5.41) is 4.72. The highest BCUT2D eigenvalue weighted by Gasteiger charge is 2.29. The van der Waals surface area contributed by atoms with Gasteiger partial charge in [-0.25, -0.2) is 4.79 Å². The predicted molar refractivity (Wildman–Crippen MR) is 145 cm³/mol. The molecule has 4 rings (SSSR count). The van der Waals surface area contributed by atoms with Crippen molar-refractivity contribution in [2.24, 2.45) is 5.10 Å². The summed E-state index contributed by atoms with van der Waals surface area (Å²) >= 11 is 0. The van der Waals surface area contributed by atoms with E-state index >= 15 is 0 Å². The number of ether oxygens (including phenoxy) is 1. The molecular formula is C31H36N2O2. The van der Waals surface area contributed by atoms with E-state index in [0.29, 0.717) is 12.2 Å². The lowest BCUT2D eigenvalue weighted by atomic mass is 9.99. The van der Waals surface area contributed by atoms with Gasteiger partial charge in [0.15, 0.2) is 0 Å². The van der Waals surface area contributed by atoms with Gasteiger partial charge in [-0.1, -0.05) is 113 Å². The van der Waals surface area contributed by atoms with Crippen LogP contribution in [0.5, 0.6) is 0 Å². The summed E-state index contributed by atoms with van der Waals surface area (Å²) in [5.41, 5.74) is 9.43. The minimum atomic E-state index is -0.256. The second kappa shape index (κ2) is 12.9. The van der Waals surface area contributed by atoms with Gasteiger partial charge in [0.2, 0.25) is 0 Å². The summed E-state index contributed by atoms with van der Waals surface area (Å²) in [4.78, 5) is 13.1. The minimum absolute atomic E-state index is 0.256. The second-order valence-electron chi connectivity index (χ2n) is 9.18. The van der Waals surface area contributed by atoms with Gasteiger partial charge in [0.25, 0.3) is 0 Å². The predicted octanol–water partition coefficient (Wildman–Crippen LogP) is 8.22. The van der Waals surface area contributed by atoms with Crippen molar-refractivity contribution in [3.8, 4) is 11.1 Å². The zero-order chi connectivity index (χ0) is 24.3. The van der Waals surface area contributed by atoms with E-state index in [0.717, 1.165) is 46.5 Å². The Morgan fingerprint density at radius 1 is 0.714 bits per heavy atom. The number of nitrogens with zero attached hydrogens (tertiary/aromatic N) is 1. The molecule has 182 valence electrons. The molecule has 0 heterocycles. The van der Waals surface area contributed by atoms with E-state index in [4.69, 9.17) is 9.84 Å². The number of esters is 1. The van der Waals surface area contributed by atoms with Gasteiger partial charge >= 0.3 is 5.97 Å². The molecule has 1 N–H and O–H groups in total. The molecule has 0 fully saturated rings. The van der Waals surface area contributed by atoms with E-state index in [1.165, 1.54) is 44.9 Å². The molecule has 4 heteroatoms. The number of rotatable bonds is 13. The van der Waals surface area contributed by atoms with Crippen molar-refractivity contribution in [3.05, 3.63) is 89.5 Å². The van der Waals surface area contributed by atoms with Crippen molar-refractivity contribution < 1.29 is 9.53 Å². The number of unbranched alkanes of at least 4 members (excludes halogenated alkanes) is 8. The van der Waals surface area contributed by atoms with Gasteiger partial charge in [0.05, 0.1) is 23.6 Å². The Morgan fingerprint density at radius 2 is 1.34 bits per heavy atom. The summed E-state index contributed by atoms with van der Waals surface area (Å²) < 4.78 is 5.70. The molecule has 3 aromatic carbocycles. The van der Waals surface area contributed by atoms with Crippen LogP contribution in [-0.4, -0.2) is 18.3 Å². The number of hydrogen-bond donors (Lipinski definition) is 1. The molecule has 0 saturated carbocycles. The molecule has 0 amide bonds. The quantitative estimate of drug-likeness (QED) is 0.122. The fourth-order valence-corrected chi connectivity index (χ4v) is 4.67. The third-order valence-electron chi connectivity index (χ3n) is 6.54.